The predicted octanol–water partition coefficient (Wildman–Crippen LogP) is 3.26. The summed E-state index contributed by atoms with van der Waals surface area (Å²) in [6.45, 7) is -0.0256. The number of carbonyl (C=O) groups excluding carboxylic acids is 1. The number of benzene rings is 1. The lowest BCUT2D eigenvalue weighted by atomic mass is 9.96. The SMILES string of the molecule is COc1cc(F)c([C@@H]2CN(c3cc(Cl)cn(C)c3=O)C(=O)C2I)c(F)c1. The predicted molar refractivity (Wildman–Crippen MR) is 103 cm³/mol. The van der Waals surface area contributed by atoms with E-state index in [-0.39, 0.29) is 28.6 Å². The van der Waals surface area contributed by atoms with Gasteiger partial charge in [0.25, 0.3) is 5.56 Å². The van der Waals surface area contributed by atoms with Crippen LogP contribution in [-0.4, -0.2) is 28.1 Å². The average Bonchev–Trinajstić information content (AvgIpc) is 2.86. The molecule has 3 rings (SSSR count). The van der Waals surface area contributed by atoms with Crippen LogP contribution >= 0.6 is 34.2 Å². The van der Waals surface area contributed by atoms with Gasteiger partial charge in [-0.1, -0.05) is 34.2 Å². The molecule has 1 fully saturated rings. The van der Waals surface area contributed by atoms with Crippen molar-refractivity contribution >= 4 is 45.8 Å². The van der Waals surface area contributed by atoms with Crippen LogP contribution in [0.15, 0.2) is 29.2 Å². The van der Waals surface area contributed by atoms with Crippen LogP contribution < -0.4 is 15.2 Å². The van der Waals surface area contributed by atoms with Crippen molar-refractivity contribution in [3.05, 3.63) is 57.0 Å². The first-order chi connectivity index (χ1) is 12.2. The Hall–Kier alpha value is -1.68. The van der Waals surface area contributed by atoms with E-state index in [0.29, 0.717) is 0 Å². The second-order valence-corrected chi connectivity index (χ2v) is 7.70. The minimum atomic E-state index is -0.790. The lowest BCUT2D eigenvalue weighted by molar-refractivity contribution is -0.116. The van der Waals surface area contributed by atoms with E-state index in [1.54, 1.807) is 0 Å². The lowest BCUT2D eigenvalue weighted by Gasteiger charge is -2.18. The Morgan fingerprint density at radius 3 is 2.42 bits per heavy atom. The third-order valence-corrected chi connectivity index (χ3v) is 5.92. The van der Waals surface area contributed by atoms with Gasteiger partial charge < -0.3 is 14.2 Å². The fraction of sp³-hybridized carbons (Fsp3) is 0.294. The molecule has 0 radical (unpaired) electrons. The molecule has 0 bridgehead atoms. The van der Waals surface area contributed by atoms with Crippen LogP contribution in [-0.2, 0) is 11.8 Å². The Morgan fingerprint density at radius 1 is 1.23 bits per heavy atom. The molecule has 2 aromatic rings. The molecule has 2 atom stereocenters. The maximum Gasteiger partial charge on any atom is 0.274 e. The quantitative estimate of drug-likeness (QED) is 0.486. The fourth-order valence-electron chi connectivity index (χ4n) is 3.04. The van der Waals surface area contributed by atoms with Crippen molar-refractivity contribution in [1.82, 2.24) is 4.57 Å². The van der Waals surface area contributed by atoms with Gasteiger partial charge in [-0.15, -0.1) is 0 Å². The van der Waals surface area contributed by atoms with Crippen LogP contribution in [0.1, 0.15) is 11.5 Å². The lowest BCUT2D eigenvalue weighted by Crippen LogP contribution is -2.33. The highest BCUT2D eigenvalue weighted by molar-refractivity contribution is 14.1. The van der Waals surface area contributed by atoms with Crippen molar-refractivity contribution in [2.45, 2.75) is 9.84 Å². The van der Waals surface area contributed by atoms with E-state index in [2.05, 4.69) is 0 Å². The molecule has 1 saturated heterocycles. The third-order valence-electron chi connectivity index (χ3n) is 4.32. The van der Waals surface area contributed by atoms with Crippen molar-refractivity contribution < 1.29 is 18.3 Å². The molecule has 138 valence electrons. The van der Waals surface area contributed by atoms with Gasteiger partial charge in [-0.3, -0.25) is 9.59 Å². The van der Waals surface area contributed by atoms with Gasteiger partial charge in [0.2, 0.25) is 5.91 Å². The molecule has 0 saturated carbocycles. The zero-order valence-corrected chi connectivity index (χ0v) is 16.7. The summed E-state index contributed by atoms with van der Waals surface area (Å²) < 4.78 is 34.3. The summed E-state index contributed by atoms with van der Waals surface area (Å²) in [7, 11) is 2.82. The minimum absolute atomic E-state index is 0.0256. The standard InChI is InChI=1S/C17H14ClF2IN2O3/c1-22-6-8(18)3-13(16(22)24)23-7-10(15(21)17(23)25)14-11(19)4-9(26-2)5-12(14)20/h3-6,10,15H,7H2,1-2H3/t10-,15?/m0/s1. The molecule has 5 nitrogen and oxygen atoms in total. The summed E-state index contributed by atoms with van der Waals surface area (Å²) in [5, 5.41) is 0.283. The Labute approximate surface area is 166 Å². The van der Waals surface area contributed by atoms with E-state index < -0.39 is 32.9 Å². The van der Waals surface area contributed by atoms with Gasteiger partial charge in [0.15, 0.2) is 0 Å². The van der Waals surface area contributed by atoms with E-state index in [1.165, 1.54) is 35.9 Å². The van der Waals surface area contributed by atoms with Crippen LogP contribution in [0.3, 0.4) is 0 Å². The Morgan fingerprint density at radius 2 is 1.85 bits per heavy atom. The number of rotatable bonds is 3. The summed E-state index contributed by atoms with van der Waals surface area (Å²) >= 11 is 7.84. The topological polar surface area (TPSA) is 51.5 Å². The van der Waals surface area contributed by atoms with Crippen LogP contribution in [0.25, 0.3) is 0 Å². The number of amides is 1. The van der Waals surface area contributed by atoms with Crippen molar-refractivity contribution in [3.63, 3.8) is 0 Å². The first kappa shape index (κ1) is 19.1. The molecule has 2 heterocycles. The maximum absolute atomic E-state index is 14.4. The molecule has 26 heavy (non-hydrogen) atoms. The second-order valence-electron chi connectivity index (χ2n) is 5.92. The molecule has 9 heteroatoms. The summed E-state index contributed by atoms with van der Waals surface area (Å²) in [6.07, 6.45) is 1.43. The molecular weight excluding hydrogens is 481 g/mol. The Kier molecular flexibility index (Phi) is 5.25. The van der Waals surface area contributed by atoms with E-state index in [1.807, 2.05) is 22.6 Å². The van der Waals surface area contributed by atoms with Gasteiger partial charge in [-0.05, 0) is 6.07 Å². The monoisotopic (exact) mass is 494 g/mol. The number of halogens is 4. The largest absolute Gasteiger partial charge is 0.497 e. The normalized spacial score (nSPS) is 19.9. The van der Waals surface area contributed by atoms with E-state index in [0.717, 1.165) is 12.1 Å². The summed E-state index contributed by atoms with van der Waals surface area (Å²) in [5.41, 5.74) is -0.522. The molecule has 1 unspecified atom stereocenters. The number of alkyl halides is 1. The smallest absolute Gasteiger partial charge is 0.274 e. The molecular formula is C17H14ClF2IN2O3. The van der Waals surface area contributed by atoms with Gasteiger partial charge >= 0.3 is 0 Å². The second kappa shape index (κ2) is 7.15. The summed E-state index contributed by atoms with van der Waals surface area (Å²) in [4.78, 5) is 26.3. The van der Waals surface area contributed by atoms with Crippen LogP contribution in [0, 0.1) is 11.6 Å². The summed E-state index contributed by atoms with van der Waals surface area (Å²) in [6, 6.07) is 3.54. The van der Waals surface area contributed by atoms with Crippen molar-refractivity contribution in [3.8, 4) is 5.75 Å². The first-order valence-corrected chi connectivity index (χ1v) is 9.21. The number of aromatic nitrogens is 1. The number of nitrogens with zero attached hydrogens (tertiary/aromatic N) is 2. The number of anilines is 1. The van der Waals surface area contributed by atoms with Gasteiger partial charge in [0, 0.05) is 43.4 Å². The van der Waals surface area contributed by atoms with Crippen molar-refractivity contribution in [2.24, 2.45) is 7.05 Å². The zero-order valence-electron chi connectivity index (χ0n) is 13.8. The molecule has 0 aliphatic carbocycles. The van der Waals surface area contributed by atoms with E-state index in [4.69, 9.17) is 16.3 Å². The molecule has 0 N–H and O–H groups in total. The number of hydrogen-bond donors (Lipinski definition) is 0. The Bertz CT molecular complexity index is 927. The molecule has 0 spiro atoms. The molecule has 1 aromatic heterocycles. The first-order valence-electron chi connectivity index (χ1n) is 7.59. The van der Waals surface area contributed by atoms with Gasteiger partial charge in [0.1, 0.15) is 23.1 Å². The third kappa shape index (κ3) is 3.20. The number of methoxy groups -OCH3 is 1. The van der Waals surface area contributed by atoms with Crippen LogP contribution in [0.2, 0.25) is 5.02 Å². The van der Waals surface area contributed by atoms with E-state index >= 15 is 0 Å². The molecule has 1 amide bonds. The maximum atomic E-state index is 14.4. The molecule has 1 aliphatic heterocycles. The van der Waals surface area contributed by atoms with Gasteiger partial charge in [-0.25, -0.2) is 8.78 Å². The van der Waals surface area contributed by atoms with Crippen LogP contribution in [0.5, 0.6) is 5.75 Å². The minimum Gasteiger partial charge on any atom is -0.497 e. The number of hydrogen-bond acceptors (Lipinski definition) is 3. The van der Waals surface area contributed by atoms with Crippen LogP contribution in [0.4, 0.5) is 14.5 Å². The van der Waals surface area contributed by atoms with Crippen molar-refractivity contribution in [1.29, 1.82) is 0 Å². The van der Waals surface area contributed by atoms with Crippen molar-refractivity contribution in [2.75, 3.05) is 18.6 Å². The van der Waals surface area contributed by atoms with E-state index in [9.17, 15) is 18.4 Å². The number of aryl methyl sites for hydroxylation is 1. The molecule has 1 aliphatic rings. The van der Waals surface area contributed by atoms with Gasteiger partial charge in [0.05, 0.1) is 16.1 Å². The fourth-order valence-corrected chi connectivity index (χ4v) is 4.21. The zero-order chi connectivity index (χ0) is 19.2. The highest BCUT2D eigenvalue weighted by atomic mass is 127. The summed E-state index contributed by atoms with van der Waals surface area (Å²) in [5.74, 6) is -2.68. The highest BCUT2D eigenvalue weighted by Gasteiger charge is 2.43. The molecule has 1 aromatic carbocycles. The Balaban J connectivity index is 2.05. The average molecular weight is 495 g/mol. The number of carbonyl (C=O) groups is 1. The number of ether oxygens (including phenoxy) is 1. The highest BCUT2D eigenvalue weighted by Crippen LogP contribution is 2.39. The number of pyridine rings is 1. The van der Waals surface area contributed by atoms with Gasteiger partial charge in [-0.2, -0.15) is 0 Å².